The molecular weight excluding hydrogens is 564 g/mol. The van der Waals surface area contributed by atoms with E-state index in [1.807, 2.05) is 31.2 Å². The second-order valence-electron chi connectivity index (χ2n) is 10.3. The summed E-state index contributed by atoms with van der Waals surface area (Å²) in [6.07, 6.45) is 0. The fourth-order valence-electron chi connectivity index (χ4n) is 5.03. The highest BCUT2D eigenvalue weighted by Gasteiger charge is 2.22. The lowest BCUT2D eigenvalue weighted by Crippen LogP contribution is -2.47. The minimum Gasteiger partial charge on any atom is -0.493 e. The highest BCUT2D eigenvalue weighted by atomic mass is 16.5. The molecule has 1 aliphatic heterocycles. The Morgan fingerprint density at radius 3 is 2.20 bits per heavy atom. The van der Waals surface area contributed by atoms with Gasteiger partial charge in [0.2, 0.25) is 5.75 Å². The molecule has 0 spiro atoms. The summed E-state index contributed by atoms with van der Waals surface area (Å²) in [7, 11) is 4.84. The topological polar surface area (TPSA) is 154 Å². The van der Waals surface area contributed by atoms with Crippen molar-refractivity contribution in [3.8, 4) is 23.0 Å². The third-order valence-corrected chi connectivity index (χ3v) is 7.30. The van der Waals surface area contributed by atoms with Crippen LogP contribution in [0.15, 0.2) is 59.6 Å². The largest absolute Gasteiger partial charge is 0.493 e. The molecule has 5 N–H and O–H groups in total. The van der Waals surface area contributed by atoms with Gasteiger partial charge in [-0.1, -0.05) is 23.8 Å². The van der Waals surface area contributed by atoms with E-state index < -0.39 is 5.91 Å². The summed E-state index contributed by atoms with van der Waals surface area (Å²) in [5.74, 6) is 1.05. The Kier molecular flexibility index (Phi) is 11.0. The zero-order valence-electron chi connectivity index (χ0n) is 25.6. The van der Waals surface area contributed by atoms with Gasteiger partial charge in [0.25, 0.3) is 11.8 Å². The number of anilines is 1. The Hall–Kier alpha value is -4.81. The standard InChI is InChI=1S/C32H40N6O6/c1-21-6-5-7-22(18-21)30(39)35-25-19-23(31(40)36-32(33)34)8-10-26(25)44-17-16-37-12-14-38(15-13-37)20-24-9-11-27(41-2)29(43-4)28(24)42-3/h5-11,18-19H,12-17,20H2,1-4H3,(H,35,39)(H4,33,34,36,40). The minimum atomic E-state index is -0.619. The van der Waals surface area contributed by atoms with E-state index in [1.54, 1.807) is 45.6 Å². The number of aliphatic imine (C=N–C) groups is 1. The number of guanidine groups is 1. The van der Waals surface area contributed by atoms with E-state index in [2.05, 4.69) is 20.1 Å². The van der Waals surface area contributed by atoms with Crippen molar-refractivity contribution < 1.29 is 28.5 Å². The maximum Gasteiger partial charge on any atom is 0.280 e. The van der Waals surface area contributed by atoms with Crippen molar-refractivity contribution in [3.05, 3.63) is 76.9 Å². The Bertz CT molecular complexity index is 1500. The summed E-state index contributed by atoms with van der Waals surface area (Å²) < 4.78 is 22.7. The van der Waals surface area contributed by atoms with Crippen molar-refractivity contribution in [2.45, 2.75) is 13.5 Å². The van der Waals surface area contributed by atoms with Gasteiger partial charge in [-0.25, -0.2) is 0 Å². The van der Waals surface area contributed by atoms with Gasteiger partial charge in [-0.05, 0) is 43.3 Å². The predicted octanol–water partition coefficient (Wildman–Crippen LogP) is 2.88. The molecule has 3 aromatic carbocycles. The number of hydrogen-bond donors (Lipinski definition) is 3. The average molecular weight is 605 g/mol. The number of rotatable bonds is 12. The van der Waals surface area contributed by atoms with Gasteiger partial charge >= 0.3 is 0 Å². The summed E-state index contributed by atoms with van der Waals surface area (Å²) in [6, 6.07) is 15.8. The molecule has 1 aliphatic rings. The van der Waals surface area contributed by atoms with Crippen molar-refractivity contribution in [1.29, 1.82) is 0 Å². The van der Waals surface area contributed by atoms with Crippen LogP contribution in [0.2, 0.25) is 0 Å². The van der Waals surface area contributed by atoms with Crippen LogP contribution in [-0.4, -0.2) is 88.2 Å². The number of amides is 2. The number of nitrogens with zero attached hydrogens (tertiary/aromatic N) is 3. The number of nitrogens with two attached hydrogens (primary N) is 2. The third-order valence-electron chi connectivity index (χ3n) is 7.30. The molecule has 1 fully saturated rings. The highest BCUT2D eigenvalue weighted by Crippen LogP contribution is 2.40. The molecule has 12 heteroatoms. The van der Waals surface area contributed by atoms with Crippen molar-refractivity contribution in [2.24, 2.45) is 16.5 Å². The van der Waals surface area contributed by atoms with Crippen LogP contribution in [0, 0.1) is 6.92 Å². The Morgan fingerprint density at radius 1 is 0.841 bits per heavy atom. The summed E-state index contributed by atoms with van der Waals surface area (Å²) in [6.45, 7) is 7.18. The van der Waals surface area contributed by atoms with Crippen LogP contribution in [0.5, 0.6) is 23.0 Å². The maximum atomic E-state index is 13.0. The molecule has 12 nitrogen and oxygen atoms in total. The van der Waals surface area contributed by atoms with E-state index in [0.717, 1.165) is 43.9 Å². The molecule has 0 bridgehead atoms. The van der Waals surface area contributed by atoms with E-state index in [-0.39, 0.29) is 17.4 Å². The van der Waals surface area contributed by atoms with Crippen LogP contribution in [0.4, 0.5) is 5.69 Å². The molecule has 2 amide bonds. The molecule has 4 rings (SSSR count). The normalized spacial score (nSPS) is 13.5. The first-order valence-corrected chi connectivity index (χ1v) is 14.2. The zero-order chi connectivity index (χ0) is 31.6. The molecule has 1 heterocycles. The summed E-state index contributed by atoms with van der Waals surface area (Å²) in [4.78, 5) is 33.8. The number of benzene rings is 3. The number of carbonyl (C=O) groups excluding carboxylic acids is 2. The molecule has 234 valence electrons. The first kappa shape index (κ1) is 32.1. The molecule has 3 aromatic rings. The van der Waals surface area contributed by atoms with Gasteiger partial charge in [0.15, 0.2) is 17.5 Å². The van der Waals surface area contributed by atoms with Gasteiger partial charge in [-0.3, -0.25) is 19.4 Å². The van der Waals surface area contributed by atoms with E-state index in [0.29, 0.717) is 47.4 Å². The fraction of sp³-hybridized carbons (Fsp3) is 0.344. The van der Waals surface area contributed by atoms with E-state index in [4.69, 9.17) is 30.4 Å². The van der Waals surface area contributed by atoms with Crippen LogP contribution in [0.25, 0.3) is 0 Å². The molecule has 0 radical (unpaired) electrons. The lowest BCUT2D eigenvalue weighted by molar-refractivity contribution is 0.0997. The second-order valence-corrected chi connectivity index (χ2v) is 10.3. The van der Waals surface area contributed by atoms with E-state index >= 15 is 0 Å². The number of hydrogen-bond acceptors (Lipinski definition) is 8. The summed E-state index contributed by atoms with van der Waals surface area (Å²) in [5, 5.41) is 2.87. The van der Waals surface area contributed by atoms with Gasteiger partial charge in [0.1, 0.15) is 12.4 Å². The van der Waals surface area contributed by atoms with Crippen molar-refractivity contribution >= 4 is 23.5 Å². The molecule has 0 unspecified atom stereocenters. The number of methoxy groups -OCH3 is 3. The molecule has 1 saturated heterocycles. The van der Waals surface area contributed by atoms with Crippen molar-refractivity contribution in [2.75, 3.05) is 66.0 Å². The van der Waals surface area contributed by atoms with Crippen LogP contribution in [-0.2, 0) is 6.54 Å². The lowest BCUT2D eigenvalue weighted by atomic mass is 10.1. The first-order valence-electron chi connectivity index (χ1n) is 14.2. The number of carbonyl (C=O) groups is 2. The van der Waals surface area contributed by atoms with Gasteiger partial charge in [-0.2, -0.15) is 4.99 Å². The highest BCUT2D eigenvalue weighted by molar-refractivity contribution is 6.07. The average Bonchev–Trinajstić information content (AvgIpc) is 3.01. The van der Waals surface area contributed by atoms with E-state index in [1.165, 1.54) is 6.07 Å². The molecule has 0 saturated carbocycles. The van der Waals surface area contributed by atoms with Crippen molar-refractivity contribution in [1.82, 2.24) is 9.80 Å². The molecule has 0 aromatic heterocycles. The minimum absolute atomic E-state index is 0.215. The third kappa shape index (κ3) is 8.17. The van der Waals surface area contributed by atoms with E-state index in [9.17, 15) is 9.59 Å². The Morgan fingerprint density at radius 2 is 1.55 bits per heavy atom. The second kappa shape index (κ2) is 15.1. The SMILES string of the molecule is COc1ccc(CN2CCN(CCOc3ccc(C(=O)N=C(N)N)cc3NC(=O)c3cccc(C)c3)CC2)c(OC)c1OC. The first-order chi connectivity index (χ1) is 21.2. The van der Waals surface area contributed by atoms with Gasteiger partial charge in [0.05, 0.1) is 27.0 Å². The van der Waals surface area contributed by atoms with Crippen LogP contribution >= 0.6 is 0 Å². The van der Waals surface area contributed by atoms with Crippen LogP contribution in [0.3, 0.4) is 0 Å². The number of piperazine rings is 1. The zero-order valence-corrected chi connectivity index (χ0v) is 25.6. The molecular formula is C32H40N6O6. The fourth-order valence-corrected chi connectivity index (χ4v) is 5.03. The molecule has 0 atom stereocenters. The predicted molar refractivity (Wildman–Crippen MR) is 169 cm³/mol. The Labute approximate surface area is 257 Å². The van der Waals surface area contributed by atoms with Gasteiger partial charge in [0, 0.05) is 56.0 Å². The van der Waals surface area contributed by atoms with Gasteiger partial charge < -0.3 is 35.7 Å². The van der Waals surface area contributed by atoms with Crippen LogP contribution in [0.1, 0.15) is 31.8 Å². The maximum absolute atomic E-state index is 13.0. The monoisotopic (exact) mass is 604 g/mol. The number of ether oxygens (including phenoxy) is 4. The number of nitrogens with one attached hydrogen (secondary N) is 1. The Balaban J connectivity index is 1.37. The quantitative estimate of drug-likeness (QED) is 0.208. The summed E-state index contributed by atoms with van der Waals surface area (Å²) >= 11 is 0. The van der Waals surface area contributed by atoms with Crippen molar-refractivity contribution in [3.63, 3.8) is 0 Å². The lowest BCUT2D eigenvalue weighted by Gasteiger charge is -2.35. The summed E-state index contributed by atoms with van der Waals surface area (Å²) in [5.41, 5.74) is 13.8. The molecule has 44 heavy (non-hydrogen) atoms. The van der Waals surface area contributed by atoms with Gasteiger partial charge in [-0.15, -0.1) is 0 Å². The number of aryl methyl sites for hydroxylation is 1. The van der Waals surface area contributed by atoms with Crippen LogP contribution < -0.4 is 35.7 Å². The molecule has 0 aliphatic carbocycles. The smallest absolute Gasteiger partial charge is 0.280 e.